The van der Waals surface area contributed by atoms with E-state index in [9.17, 15) is 4.39 Å². The average Bonchev–Trinajstić information content (AvgIpc) is 2.77. The Hall–Kier alpha value is -1.09. The minimum atomic E-state index is -0.0386. The van der Waals surface area contributed by atoms with E-state index in [1.165, 1.54) is 5.56 Å². The van der Waals surface area contributed by atoms with Gasteiger partial charge >= 0.3 is 0 Å². The van der Waals surface area contributed by atoms with E-state index in [0.29, 0.717) is 0 Å². The van der Waals surface area contributed by atoms with E-state index in [1.54, 1.807) is 18.0 Å². The van der Waals surface area contributed by atoms with Crippen LogP contribution in [0.5, 0.6) is 0 Å². The predicted molar refractivity (Wildman–Crippen MR) is 71.1 cm³/mol. The molecule has 0 atom stereocenters. The molecule has 0 saturated heterocycles. The quantitative estimate of drug-likeness (QED) is 0.728. The highest BCUT2D eigenvalue weighted by molar-refractivity contribution is 7.99. The van der Waals surface area contributed by atoms with E-state index in [2.05, 4.69) is 11.1 Å². The molecule has 1 aromatic rings. The first-order valence-electron chi connectivity index (χ1n) is 5.92. The van der Waals surface area contributed by atoms with Gasteiger partial charge in [0.25, 0.3) is 0 Å². The zero-order valence-corrected chi connectivity index (χ0v) is 10.6. The van der Waals surface area contributed by atoms with Crippen LogP contribution >= 0.6 is 11.8 Å². The summed E-state index contributed by atoms with van der Waals surface area (Å²) in [6.45, 7) is 1.98. The van der Waals surface area contributed by atoms with Crippen molar-refractivity contribution < 1.29 is 4.39 Å². The van der Waals surface area contributed by atoms with Crippen LogP contribution in [0.25, 0.3) is 5.57 Å². The van der Waals surface area contributed by atoms with Crippen molar-refractivity contribution in [2.75, 3.05) is 5.75 Å². The van der Waals surface area contributed by atoms with Crippen LogP contribution in [-0.2, 0) is 6.42 Å². The number of nitrogens with zero attached hydrogens (tertiary/aromatic N) is 1. The standard InChI is InChI=1S/C14H14FNS/c1-9-7-11(8-16-9)12-5-4-10-3-2-6-17-14(10)13(12)15/h4-5,8H,2-3,6-7H2,1H3. The molecule has 0 amide bonds. The van der Waals surface area contributed by atoms with Crippen molar-refractivity contribution in [1.82, 2.24) is 0 Å². The number of hydrogen-bond donors (Lipinski definition) is 0. The molecule has 2 heterocycles. The van der Waals surface area contributed by atoms with Gasteiger partial charge in [0.1, 0.15) is 5.82 Å². The molecule has 0 N–H and O–H groups in total. The normalized spacial score (nSPS) is 18.7. The number of allylic oxidation sites excluding steroid dienone is 1. The lowest BCUT2D eigenvalue weighted by molar-refractivity contribution is 0.590. The smallest absolute Gasteiger partial charge is 0.144 e. The fourth-order valence-corrected chi connectivity index (χ4v) is 3.44. The van der Waals surface area contributed by atoms with E-state index in [1.807, 2.05) is 13.0 Å². The predicted octanol–water partition coefficient (Wildman–Crippen LogP) is 4.07. The van der Waals surface area contributed by atoms with E-state index in [0.717, 1.165) is 46.8 Å². The Morgan fingerprint density at radius 1 is 1.35 bits per heavy atom. The highest BCUT2D eigenvalue weighted by Gasteiger charge is 2.20. The van der Waals surface area contributed by atoms with Crippen LogP contribution in [0.3, 0.4) is 0 Å². The number of rotatable bonds is 1. The summed E-state index contributed by atoms with van der Waals surface area (Å²) in [4.78, 5) is 5.09. The molecule has 3 rings (SSSR count). The first kappa shape index (κ1) is 11.0. The number of aliphatic imine (C=N–C) groups is 1. The van der Waals surface area contributed by atoms with Crippen LogP contribution in [0.1, 0.15) is 30.9 Å². The van der Waals surface area contributed by atoms with E-state index >= 15 is 0 Å². The van der Waals surface area contributed by atoms with Gasteiger partial charge in [0, 0.05) is 28.8 Å². The Kier molecular flexibility index (Phi) is 2.79. The lowest BCUT2D eigenvalue weighted by atomic mass is 9.99. The zero-order chi connectivity index (χ0) is 11.8. The summed E-state index contributed by atoms with van der Waals surface area (Å²) in [6, 6.07) is 3.99. The fraction of sp³-hybridized carbons (Fsp3) is 0.357. The first-order chi connectivity index (χ1) is 8.25. The van der Waals surface area contributed by atoms with Crippen molar-refractivity contribution in [3.05, 3.63) is 35.3 Å². The van der Waals surface area contributed by atoms with E-state index < -0.39 is 0 Å². The SMILES string of the molecule is CC1=NC=C(c2ccc3c(c2F)SCCC3)C1. The molecule has 3 heteroatoms. The Bertz CT molecular complexity index is 531. The van der Waals surface area contributed by atoms with Gasteiger partial charge in [-0.15, -0.1) is 11.8 Å². The molecular formula is C14H14FNS. The summed E-state index contributed by atoms with van der Waals surface area (Å²) in [5.41, 5.74) is 3.97. The molecule has 0 fully saturated rings. The van der Waals surface area contributed by atoms with Crippen LogP contribution in [0.15, 0.2) is 28.2 Å². The van der Waals surface area contributed by atoms with Crippen LogP contribution in [-0.4, -0.2) is 11.5 Å². The van der Waals surface area contributed by atoms with Crippen molar-refractivity contribution >= 4 is 23.0 Å². The van der Waals surface area contributed by atoms with E-state index in [-0.39, 0.29) is 5.82 Å². The monoisotopic (exact) mass is 247 g/mol. The molecule has 0 aromatic heterocycles. The Balaban J connectivity index is 2.02. The van der Waals surface area contributed by atoms with Crippen molar-refractivity contribution in [3.63, 3.8) is 0 Å². The number of aryl methyl sites for hydroxylation is 1. The van der Waals surface area contributed by atoms with Crippen LogP contribution < -0.4 is 0 Å². The van der Waals surface area contributed by atoms with Crippen molar-refractivity contribution in [3.8, 4) is 0 Å². The second-order valence-corrected chi connectivity index (χ2v) is 5.67. The average molecular weight is 247 g/mol. The van der Waals surface area contributed by atoms with Crippen molar-refractivity contribution in [2.45, 2.75) is 31.1 Å². The van der Waals surface area contributed by atoms with Gasteiger partial charge in [0.15, 0.2) is 0 Å². The minimum absolute atomic E-state index is 0.0386. The second-order valence-electron chi connectivity index (χ2n) is 4.56. The molecular weight excluding hydrogens is 233 g/mol. The number of hydrogen-bond acceptors (Lipinski definition) is 2. The van der Waals surface area contributed by atoms with Crippen molar-refractivity contribution in [2.24, 2.45) is 4.99 Å². The third kappa shape index (κ3) is 1.93. The van der Waals surface area contributed by atoms with Gasteiger partial charge < -0.3 is 0 Å². The van der Waals surface area contributed by atoms with Gasteiger partial charge in [-0.1, -0.05) is 12.1 Å². The molecule has 1 nitrogen and oxygen atoms in total. The highest BCUT2D eigenvalue weighted by atomic mass is 32.2. The molecule has 2 aliphatic rings. The molecule has 2 aliphatic heterocycles. The summed E-state index contributed by atoms with van der Waals surface area (Å²) in [5.74, 6) is 0.991. The molecule has 0 unspecified atom stereocenters. The molecule has 0 aliphatic carbocycles. The van der Waals surface area contributed by atoms with Gasteiger partial charge in [0.05, 0.1) is 0 Å². The number of thioether (sulfide) groups is 1. The lowest BCUT2D eigenvalue weighted by Gasteiger charge is -2.17. The number of halogens is 1. The molecule has 0 bridgehead atoms. The summed E-state index contributed by atoms with van der Waals surface area (Å²) in [6.07, 6.45) is 4.74. The number of benzene rings is 1. The lowest BCUT2D eigenvalue weighted by Crippen LogP contribution is -2.03. The summed E-state index contributed by atoms with van der Waals surface area (Å²) >= 11 is 1.65. The second kappa shape index (κ2) is 4.30. The minimum Gasteiger partial charge on any atom is -0.265 e. The van der Waals surface area contributed by atoms with Gasteiger partial charge in [-0.05, 0) is 36.7 Å². The summed E-state index contributed by atoms with van der Waals surface area (Å²) in [7, 11) is 0. The maximum atomic E-state index is 14.4. The van der Waals surface area contributed by atoms with E-state index in [4.69, 9.17) is 0 Å². The summed E-state index contributed by atoms with van der Waals surface area (Å²) in [5, 5.41) is 0. The Morgan fingerprint density at radius 2 is 2.24 bits per heavy atom. The fourth-order valence-electron chi connectivity index (χ4n) is 2.35. The maximum Gasteiger partial charge on any atom is 0.144 e. The van der Waals surface area contributed by atoms with Gasteiger partial charge in [0.2, 0.25) is 0 Å². The number of fused-ring (bicyclic) bond motifs is 1. The molecule has 0 radical (unpaired) electrons. The molecule has 0 spiro atoms. The zero-order valence-electron chi connectivity index (χ0n) is 9.79. The first-order valence-corrected chi connectivity index (χ1v) is 6.91. The molecule has 17 heavy (non-hydrogen) atoms. The summed E-state index contributed by atoms with van der Waals surface area (Å²) < 4.78 is 14.4. The van der Waals surface area contributed by atoms with Gasteiger partial charge in [-0.25, -0.2) is 4.39 Å². The topological polar surface area (TPSA) is 12.4 Å². The molecule has 0 saturated carbocycles. The highest BCUT2D eigenvalue weighted by Crippen LogP contribution is 2.37. The van der Waals surface area contributed by atoms with Gasteiger partial charge in [-0.2, -0.15) is 0 Å². The third-order valence-corrected chi connectivity index (χ3v) is 4.47. The third-order valence-electron chi connectivity index (χ3n) is 3.25. The van der Waals surface area contributed by atoms with Crippen LogP contribution in [0.4, 0.5) is 4.39 Å². The molecule has 1 aromatic carbocycles. The maximum absolute atomic E-state index is 14.4. The Labute approximate surface area is 105 Å². The van der Waals surface area contributed by atoms with Crippen LogP contribution in [0, 0.1) is 5.82 Å². The van der Waals surface area contributed by atoms with Crippen molar-refractivity contribution in [1.29, 1.82) is 0 Å². The largest absolute Gasteiger partial charge is 0.265 e. The molecule has 88 valence electrons. The van der Waals surface area contributed by atoms with Crippen LogP contribution in [0.2, 0.25) is 0 Å². The van der Waals surface area contributed by atoms with Gasteiger partial charge in [-0.3, -0.25) is 4.99 Å². The Morgan fingerprint density at radius 3 is 3.00 bits per heavy atom.